The van der Waals surface area contributed by atoms with E-state index in [1.807, 2.05) is 27.7 Å². The van der Waals surface area contributed by atoms with Gasteiger partial charge in [-0.2, -0.15) is 10.2 Å². The molecule has 0 bridgehead atoms. The van der Waals surface area contributed by atoms with Crippen LogP contribution in [0.15, 0.2) is 30.5 Å². The molecule has 26 heavy (non-hydrogen) atoms. The molecule has 0 fully saturated rings. The molecule has 2 rings (SSSR count). The number of amides is 1. The summed E-state index contributed by atoms with van der Waals surface area (Å²) in [6.45, 7) is 7.93. The van der Waals surface area contributed by atoms with Crippen molar-refractivity contribution in [3.05, 3.63) is 41.6 Å². The van der Waals surface area contributed by atoms with Gasteiger partial charge in [-0.1, -0.05) is 27.7 Å². The summed E-state index contributed by atoms with van der Waals surface area (Å²) in [5.41, 5.74) is 6.92. The van der Waals surface area contributed by atoms with E-state index in [0.717, 1.165) is 5.56 Å². The Balaban J connectivity index is 2.28. The largest absolute Gasteiger partial charge is 0.439 e. The topological polar surface area (TPSA) is 114 Å². The first-order valence-corrected chi connectivity index (χ1v) is 8.36. The summed E-state index contributed by atoms with van der Waals surface area (Å²) in [6, 6.07) is 8.35. The van der Waals surface area contributed by atoms with E-state index in [-0.39, 0.29) is 23.2 Å². The van der Waals surface area contributed by atoms with Crippen LogP contribution in [-0.2, 0) is 10.2 Å². The molecule has 0 aliphatic rings. The highest BCUT2D eigenvalue weighted by atomic mass is 16.5. The number of nitrogens with zero attached hydrogens (tertiary/aromatic N) is 3. The van der Waals surface area contributed by atoms with Crippen molar-refractivity contribution in [2.45, 2.75) is 45.6 Å². The Morgan fingerprint density at radius 3 is 2.73 bits per heavy atom. The minimum atomic E-state index is -0.616. The van der Waals surface area contributed by atoms with Crippen molar-refractivity contribution in [3.63, 3.8) is 0 Å². The first-order valence-electron chi connectivity index (χ1n) is 8.36. The van der Waals surface area contributed by atoms with E-state index in [4.69, 9.17) is 15.7 Å². The second-order valence-corrected chi connectivity index (χ2v) is 6.90. The SMILES string of the molecule is CC[C@@H](N)C(=O)Nc1nccc(Oc2ccc(C#N)cc2C(C)(C)C)n1. The molecule has 136 valence electrons. The molecule has 0 spiro atoms. The van der Waals surface area contributed by atoms with Gasteiger partial charge in [-0.05, 0) is 30.0 Å². The van der Waals surface area contributed by atoms with Crippen molar-refractivity contribution in [2.24, 2.45) is 5.73 Å². The Morgan fingerprint density at radius 2 is 2.12 bits per heavy atom. The lowest BCUT2D eigenvalue weighted by atomic mass is 9.85. The smallest absolute Gasteiger partial charge is 0.243 e. The Labute approximate surface area is 153 Å². The molecule has 0 unspecified atom stereocenters. The number of rotatable bonds is 5. The lowest BCUT2D eigenvalue weighted by Crippen LogP contribution is -2.35. The minimum Gasteiger partial charge on any atom is -0.439 e. The van der Waals surface area contributed by atoms with Gasteiger partial charge in [-0.15, -0.1) is 0 Å². The molecule has 1 atom stereocenters. The summed E-state index contributed by atoms with van der Waals surface area (Å²) in [7, 11) is 0. The third-order valence-corrected chi connectivity index (χ3v) is 3.77. The molecular formula is C19H23N5O2. The summed E-state index contributed by atoms with van der Waals surface area (Å²) in [5, 5.41) is 11.7. The average Bonchev–Trinajstić information content (AvgIpc) is 2.60. The number of hydrogen-bond acceptors (Lipinski definition) is 6. The van der Waals surface area contributed by atoms with Gasteiger partial charge in [0.1, 0.15) is 5.75 Å². The number of aromatic nitrogens is 2. The maximum atomic E-state index is 11.9. The van der Waals surface area contributed by atoms with Crippen LogP contribution in [0.5, 0.6) is 11.6 Å². The number of carbonyl (C=O) groups excluding carboxylic acids is 1. The lowest BCUT2D eigenvalue weighted by molar-refractivity contribution is -0.117. The molecule has 1 aromatic heterocycles. The molecule has 1 amide bonds. The van der Waals surface area contributed by atoms with Crippen LogP contribution in [0.25, 0.3) is 0 Å². The number of ether oxygens (including phenoxy) is 1. The quantitative estimate of drug-likeness (QED) is 0.853. The fourth-order valence-corrected chi connectivity index (χ4v) is 2.23. The monoisotopic (exact) mass is 353 g/mol. The predicted octanol–water partition coefficient (Wildman–Crippen LogP) is 3.11. The van der Waals surface area contributed by atoms with E-state index in [1.165, 1.54) is 6.20 Å². The fourth-order valence-electron chi connectivity index (χ4n) is 2.23. The van der Waals surface area contributed by atoms with Crippen LogP contribution >= 0.6 is 0 Å². The maximum absolute atomic E-state index is 11.9. The van der Waals surface area contributed by atoms with Crippen molar-refractivity contribution < 1.29 is 9.53 Å². The van der Waals surface area contributed by atoms with E-state index in [0.29, 0.717) is 17.7 Å². The fraction of sp³-hybridized carbons (Fsp3) is 0.368. The molecule has 1 heterocycles. The van der Waals surface area contributed by atoms with Crippen molar-refractivity contribution in [1.29, 1.82) is 5.26 Å². The van der Waals surface area contributed by atoms with Crippen LogP contribution in [0.3, 0.4) is 0 Å². The summed E-state index contributed by atoms with van der Waals surface area (Å²) in [4.78, 5) is 20.1. The van der Waals surface area contributed by atoms with Crippen molar-refractivity contribution in [2.75, 3.05) is 5.32 Å². The molecule has 0 aliphatic carbocycles. The molecule has 7 heteroatoms. The summed E-state index contributed by atoms with van der Waals surface area (Å²) >= 11 is 0. The maximum Gasteiger partial charge on any atom is 0.243 e. The molecule has 2 aromatic rings. The van der Waals surface area contributed by atoms with Crippen molar-refractivity contribution >= 4 is 11.9 Å². The predicted molar refractivity (Wildman–Crippen MR) is 98.9 cm³/mol. The zero-order valence-electron chi connectivity index (χ0n) is 15.4. The number of carbonyl (C=O) groups is 1. The van der Waals surface area contributed by atoms with Crippen LogP contribution < -0.4 is 15.8 Å². The molecule has 3 N–H and O–H groups in total. The molecule has 7 nitrogen and oxygen atoms in total. The van der Waals surface area contributed by atoms with Gasteiger partial charge in [0.15, 0.2) is 0 Å². The number of benzene rings is 1. The Morgan fingerprint density at radius 1 is 1.38 bits per heavy atom. The highest BCUT2D eigenvalue weighted by Gasteiger charge is 2.21. The number of nitrogens with two attached hydrogens (primary N) is 1. The van der Waals surface area contributed by atoms with Crippen LogP contribution in [0.1, 0.15) is 45.2 Å². The molecule has 0 radical (unpaired) electrons. The van der Waals surface area contributed by atoms with Gasteiger partial charge in [-0.25, -0.2) is 4.98 Å². The third-order valence-electron chi connectivity index (χ3n) is 3.77. The van der Waals surface area contributed by atoms with Crippen molar-refractivity contribution in [1.82, 2.24) is 9.97 Å². The van der Waals surface area contributed by atoms with Crippen LogP contribution in [0.4, 0.5) is 5.95 Å². The zero-order valence-corrected chi connectivity index (χ0v) is 15.4. The Hall–Kier alpha value is -2.98. The van der Waals surface area contributed by atoms with E-state index in [9.17, 15) is 4.79 Å². The van der Waals surface area contributed by atoms with E-state index < -0.39 is 6.04 Å². The summed E-state index contributed by atoms with van der Waals surface area (Å²) < 4.78 is 5.90. The highest BCUT2D eigenvalue weighted by molar-refractivity contribution is 5.93. The van der Waals surface area contributed by atoms with Gasteiger partial charge >= 0.3 is 0 Å². The van der Waals surface area contributed by atoms with Crippen LogP contribution in [-0.4, -0.2) is 21.9 Å². The Bertz CT molecular complexity index is 837. The number of anilines is 1. The van der Waals surface area contributed by atoms with Crippen LogP contribution in [0, 0.1) is 11.3 Å². The van der Waals surface area contributed by atoms with Gasteiger partial charge in [0, 0.05) is 17.8 Å². The zero-order chi connectivity index (χ0) is 19.3. The minimum absolute atomic E-state index is 0.127. The van der Waals surface area contributed by atoms with Gasteiger partial charge in [0.25, 0.3) is 0 Å². The van der Waals surface area contributed by atoms with Crippen LogP contribution in [0.2, 0.25) is 0 Å². The van der Waals surface area contributed by atoms with Gasteiger partial charge < -0.3 is 10.5 Å². The molecular weight excluding hydrogens is 330 g/mol. The summed E-state index contributed by atoms with van der Waals surface area (Å²) in [6.07, 6.45) is 2.01. The normalized spacial score (nSPS) is 12.2. The van der Waals surface area contributed by atoms with Crippen molar-refractivity contribution in [3.8, 4) is 17.7 Å². The third kappa shape index (κ3) is 4.77. The van der Waals surface area contributed by atoms with E-state index >= 15 is 0 Å². The first-order chi connectivity index (χ1) is 12.2. The number of nitriles is 1. The van der Waals surface area contributed by atoms with E-state index in [1.54, 1.807) is 24.3 Å². The molecule has 0 saturated carbocycles. The first kappa shape index (κ1) is 19.3. The second kappa shape index (κ2) is 7.93. The average molecular weight is 353 g/mol. The number of nitrogens with one attached hydrogen (secondary N) is 1. The summed E-state index contributed by atoms with van der Waals surface area (Å²) in [5.74, 6) is 0.661. The highest BCUT2D eigenvalue weighted by Crippen LogP contribution is 2.34. The van der Waals surface area contributed by atoms with Gasteiger partial charge in [-0.3, -0.25) is 10.1 Å². The molecule has 0 saturated heterocycles. The van der Waals surface area contributed by atoms with Gasteiger partial charge in [0.2, 0.25) is 17.7 Å². The standard InChI is InChI=1S/C19H23N5O2/c1-5-14(21)17(25)24-18-22-9-8-16(23-18)26-15-7-6-12(11-20)10-13(15)19(2,3)4/h6-10,14H,5,21H2,1-4H3,(H,22,23,24,25)/t14-/m1/s1. The second-order valence-electron chi connectivity index (χ2n) is 6.90. The Kier molecular flexibility index (Phi) is 5.90. The lowest BCUT2D eigenvalue weighted by Gasteiger charge is -2.22. The molecule has 0 aliphatic heterocycles. The van der Waals surface area contributed by atoms with E-state index in [2.05, 4.69) is 21.4 Å². The van der Waals surface area contributed by atoms with Gasteiger partial charge in [0.05, 0.1) is 17.7 Å². The number of hydrogen-bond donors (Lipinski definition) is 2. The molecule has 1 aromatic carbocycles.